The van der Waals surface area contributed by atoms with Gasteiger partial charge in [-0.1, -0.05) is 0 Å². The van der Waals surface area contributed by atoms with Gasteiger partial charge < -0.3 is 9.80 Å². The Morgan fingerprint density at radius 3 is 2.86 bits per heavy atom. The summed E-state index contributed by atoms with van der Waals surface area (Å²) in [5, 5.41) is 2.73. The quantitative estimate of drug-likeness (QED) is 0.853. The summed E-state index contributed by atoms with van der Waals surface area (Å²) in [4.78, 5) is 33.3. The minimum absolute atomic E-state index is 0.0104. The van der Waals surface area contributed by atoms with E-state index >= 15 is 0 Å². The zero-order valence-electron chi connectivity index (χ0n) is 12.8. The predicted molar refractivity (Wildman–Crippen MR) is 83.7 cm³/mol. The van der Waals surface area contributed by atoms with Gasteiger partial charge in [-0.25, -0.2) is 4.98 Å². The molecule has 2 aliphatic heterocycles. The number of carbonyl (C=O) groups is 2. The number of aryl methyl sites for hydroxylation is 1. The van der Waals surface area contributed by atoms with Gasteiger partial charge in [0, 0.05) is 31.6 Å². The van der Waals surface area contributed by atoms with E-state index in [0.29, 0.717) is 24.7 Å². The number of hydrogen-bond acceptors (Lipinski definition) is 4. The van der Waals surface area contributed by atoms with Crippen molar-refractivity contribution in [3.8, 4) is 0 Å². The minimum atomic E-state index is -0.0136. The lowest BCUT2D eigenvalue weighted by Crippen LogP contribution is -2.46. The molecule has 2 saturated heterocycles. The topological polar surface area (TPSA) is 53.5 Å². The van der Waals surface area contributed by atoms with Crippen molar-refractivity contribution in [2.75, 3.05) is 26.2 Å². The van der Waals surface area contributed by atoms with Crippen LogP contribution in [0.1, 0.15) is 34.8 Å². The summed E-state index contributed by atoms with van der Waals surface area (Å²) >= 11 is 1.50. The first-order chi connectivity index (χ1) is 10.6. The first-order valence-electron chi connectivity index (χ1n) is 8.12. The van der Waals surface area contributed by atoms with Gasteiger partial charge in [-0.15, -0.1) is 11.3 Å². The van der Waals surface area contributed by atoms with Gasteiger partial charge >= 0.3 is 0 Å². The third kappa shape index (κ3) is 2.53. The number of rotatable bonds is 3. The van der Waals surface area contributed by atoms with Crippen molar-refractivity contribution in [1.82, 2.24) is 14.8 Å². The molecule has 2 atom stereocenters. The Hall–Kier alpha value is -1.43. The fraction of sp³-hybridized carbons (Fsp3) is 0.688. The fourth-order valence-electron chi connectivity index (χ4n) is 3.69. The number of amides is 2. The third-order valence-corrected chi connectivity index (χ3v) is 5.91. The van der Waals surface area contributed by atoms with Crippen LogP contribution in [0.2, 0.25) is 0 Å². The van der Waals surface area contributed by atoms with Crippen LogP contribution in [-0.2, 0) is 4.79 Å². The summed E-state index contributed by atoms with van der Waals surface area (Å²) in [7, 11) is 0. The highest BCUT2D eigenvalue weighted by atomic mass is 32.1. The van der Waals surface area contributed by atoms with E-state index in [9.17, 15) is 9.59 Å². The van der Waals surface area contributed by atoms with Crippen molar-refractivity contribution in [2.24, 2.45) is 17.8 Å². The molecule has 1 saturated carbocycles. The Morgan fingerprint density at radius 2 is 2.18 bits per heavy atom. The van der Waals surface area contributed by atoms with Gasteiger partial charge in [-0.3, -0.25) is 9.59 Å². The van der Waals surface area contributed by atoms with Crippen LogP contribution in [-0.4, -0.2) is 52.8 Å². The molecule has 4 rings (SSSR count). The molecule has 5 nitrogen and oxygen atoms in total. The fourth-order valence-corrected chi connectivity index (χ4v) is 4.28. The second-order valence-corrected chi connectivity index (χ2v) is 7.91. The average molecular weight is 319 g/mol. The number of hydrogen-bond donors (Lipinski definition) is 0. The Bertz CT molecular complexity index is 610. The van der Waals surface area contributed by atoms with Crippen LogP contribution >= 0.6 is 11.3 Å². The molecule has 2 amide bonds. The number of likely N-dealkylation sites (tertiary alicyclic amines) is 2. The zero-order chi connectivity index (χ0) is 15.3. The maximum Gasteiger partial charge on any atom is 0.273 e. The van der Waals surface area contributed by atoms with Gasteiger partial charge in [0.25, 0.3) is 5.91 Å². The van der Waals surface area contributed by atoms with Crippen molar-refractivity contribution in [3.63, 3.8) is 0 Å². The van der Waals surface area contributed by atoms with E-state index in [1.807, 2.05) is 22.1 Å². The Morgan fingerprint density at radius 1 is 1.36 bits per heavy atom. The SMILES string of the molecule is Cc1nc(C(=O)N2CC3CCN(CC4CC4)C(=O)C3C2)cs1. The lowest BCUT2D eigenvalue weighted by atomic mass is 9.88. The summed E-state index contributed by atoms with van der Waals surface area (Å²) in [5.41, 5.74) is 0.531. The van der Waals surface area contributed by atoms with Gasteiger partial charge in [-0.2, -0.15) is 0 Å². The molecule has 1 aliphatic carbocycles. The smallest absolute Gasteiger partial charge is 0.273 e. The third-order valence-electron chi connectivity index (χ3n) is 5.14. The maximum atomic E-state index is 12.7. The molecule has 0 aromatic carbocycles. The van der Waals surface area contributed by atoms with Crippen LogP contribution < -0.4 is 0 Å². The number of fused-ring (bicyclic) bond motifs is 1. The van der Waals surface area contributed by atoms with Crippen LogP contribution in [0.5, 0.6) is 0 Å². The number of piperidine rings is 1. The van der Waals surface area contributed by atoms with Crippen LogP contribution in [0.4, 0.5) is 0 Å². The zero-order valence-corrected chi connectivity index (χ0v) is 13.6. The Balaban J connectivity index is 1.44. The second kappa shape index (κ2) is 5.33. The van der Waals surface area contributed by atoms with Crippen LogP contribution in [0.3, 0.4) is 0 Å². The lowest BCUT2D eigenvalue weighted by Gasteiger charge is -2.33. The van der Waals surface area contributed by atoms with Crippen molar-refractivity contribution in [2.45, 2.75) is 26.2 Å². The molecule has 1 aromatic heterocycles. The largest absolute Gasteiger partial charge is 0.342 e. The summed E-state index contributed by atoms with van der Waals surface area (Å²) in [5.74, 6) is 1.34. The van der Waals surface area contributed by atoms with Crippen molar-refractivity contribution in [1.29, 1.82) is 0 Å². The number of carbonyl (C=O) groups excluding carboxylic acids is 2. The number of thiazole rings is 1. The molecule has 3 aliphatic rings. The molecule has 0 radical (unpaired) electrons. The molecule has 0 spiro atoms. The molecule has 0 N–H and O–H groups in total. The summed E-state index contributed by atoms with van der Waals surface area (Å²) in [6.07, 6.45) is 3.57. The van der Waals surface area contributed by atoms with E-state index < -0.39 is 0 Å². The summed E-state index contributed by atoms with van der Waals surface area (Å²) < 4.78 is 0. The molecule has 118 valence electrons. The maximum absolute atomic E-state index is 12.7. The molecule has 0 bridgehead atoms. The van der Waals surface area contributed by atoms with Gasteiger partial charge in [0.05, 0.1) is 10.9 Å². The molecular weight excluding hydrogens is 298 g/mol. The monoisotopic (exact) mass is 319 g/mol. The average Bonchev–Trinajstić information content (AvgIpc) is 3.04. The normalized spacial score (nSPS) is 28.1. The highest BCUT2D eigenvalue weighted by Crippen LogP contribution is 2.36. The molecular formula is C16H21N3O2S. The van der Waals surface area contributed by atoms with E-state index in [1.165, 1.54) is 24.2 Å². The first kappa shape index (κ1) is 14.2. The molecule has 1 aromatic rings. The minimum Gasteiger partial charge on any atom is -0.342 e. The van der Waals surface area contributed by atoms with E-state index in [2.05, 4.69) is 4.98 Å². The van der Waals surface area contributed by atoms with Crippen LogP contribution in [0, 0.1) is 24.7 Å². The Labute approximate surface area is 134 Å². The van der Waals surface area contributed by atoms with E-state index in [4.69, 9.17) is 0 Å². The molecule has 2 unspecified atom stereocenters. The predicted octanol–water partition coefficient (Wildman–Crippen LogP) is 1.78. The van der Waals surface area contributed by atoms with Crippen LogP contribution in [0.15, 0.2) is 5.38 Å². The summed E-state index contributed by atoms with van der Waals surface area (Å²) in [6.45, 7) is 4.99. The lowest BCUT2D eigenvalue weighted by molar-refractivity contribution is -0.139. The van der Waals surface area contributed by atoms with E-state index in [-0.39, 0.29) is 17.7 Å². The van der Waals surface area contributed by atoms with E-state index in [1.54, 1.807) is 0 Å². The first-order valence-corrected chi connectivity index (χ1v) is 9.00. The summed E-state index contributed by atoms with van der Waals surface area (Å²) in [6, 6.07) is 0. The molecule has 22 heavy (non-hydrogen) atoms. The highest BCUT2D eigenvalue weighted by molar-refractivity contribution is 7.09. The van der Waals surface area contributed by atoms with Gasteiger partial charge in [-0.05, 0) is 38.0 Å². The van der Waals surface area contributed by atoms with Crippen molar-refractivity contribution < 1.29 is 9.59 Å². The van der Waals surface area contributed by atoms with E-state index in [0.717, 1.165) is 30.4 Å². The molecule has 6 heteroatoms. The Kier molecular flexibility index (Phi) is 3.44. The molecule has 3 heterocycles. The van der Waals surface area contributed by atoms with Gasteiger partial charge in [0.2, 0.25) is 5.91 Å². The molecule has 3 fully saturated rings. The van der Waals surface area contributed by atoms with Gasteiger partial charge in [0.1, 0.15) is 5.69 Å². The number of aromatic nitrogens is 1. The highest BCUT2D eigenvalue weighted by Gasteiger charge is 2.45. The van der Waals surface area contributed by atoms with Crippen molar-refractivity contribution in [3.05, 3.63) is 16.1 Å². The standard InChI is InChI=1S/C16H21N3O2S/c1-10-17-14(9-22-10)16(21)19-7-12-4-5-18(6-11-2-3-11)15(20)13(12)8-19/h9,11-13H,2-8H2,1H3. The van der Waals surface area contributed by atoms with Crippen molar-refractivity contribution >= 4 is 23.2 Å². The van der Waals surface area contributed by atoms with Crippen LogP contribution in [0.25, 0.3) is 0 Å². The second-order valence-electron chi connectivity index (χ2n) is 6.84. The number of nitrogens with zero attached hydrogens (tertiary/aromatic N) is 3. The van der Waals surface area contributed by atoms with Gasteiger partial charge in [0.15, 0.2) is 0 Å².